The summed E-state index contributed by atoms with van der Waals surface area (Å²) in [5, 5.41) is 17.1. The van der Waals surface area contributed by atoms with E-state index in [9.17, 15) is 0 Å². The van der Waals surface area contributed by atoms with Crippen LogP contribution in [0, 0.1) is 5.92 Å². The first kappa shape index (κ1) is 8.59. The van der Waals surface area contributed by atoms with Gasteiger partial charge in [0.15, 0.2) is 5.05 Å². The number of hydrogen-bond donors (Lipinski definition) is 2. The van der Waals surface area contributed by atoms with Gasteiger partial charge >= 0.3 is 0 Å². The Labute approximate surface area is 59.8 Å². The van der Waals surface area contributed by atoms with E-state index in [0.29, 0.717) is 6.42 Å². The minimum atomic E-state index is -0.308. The standard InChI is InChI=1S/C6H10O2S/c1-2-3-5(4-7)6(8)9/h2,5,7H,1,3-4H2,(H,8,9). The molecule has 0 aromatic heterocycles. The zero-order chi connectivity index (χ0) is 7.28. The number of rotatable bonds is 4. The molecule has 3 heteroatoms. The van der Waals surface area contributed by atoms with Gasteiger partial charge in [0.1, 0.15) is 0 Å². The lowest BCUT2D eigenvalue weighted by Gasteiger charge is -2.05. The lowest BCUT2D eigenvalue weighted by molar-refractivity contribution is 0.252. The first-order valence-corrected chi connectivity index (χ1v) is 3.07. The molecule has 0 aliphatic carbocycles. The van der Waals surface area contributed by atoms with Crippen LogP contribution in [-0.2, 0) is 0 Å². The van der Waals surface area contributed by atoms with Gasteiger partial charge in [-0.2, -0.15) is 0 Å². The highest BCUT2D eigenvalue weighted by Gasteiger charge is 2.08. The van der Waals surface area contributed by atoms with E-state index in [-0.39, 0.29) is 17.6 Å². The molecule has 0 fully saturated rings. The zero-order valence-corrected chi connectivity index (χ0v) is 5.90. The molecule has 0 saturated carbocycles. The maximum absolute atomic E-state index is 8.67. The van der Waals surface area contributed by atoms with E-state index < -0.39 is 0 Å². The molecule has 9 heavy (non-hydrogen) atoms. The third-order valence-electron chi connectivity index (χ3n) is 1.02. The molecule has 2 N–H and O–H groups in total. The summed E-state index contributed by atoms with van der Waals surface area (Å²) in [6, 6.07) is 0. The van der Waals surface area contributed by atoms with Gasteiger partial charge in [-0.1, -0.05) is 6.08 Å². The number of hydrogen-bond acceptors (Lipinski definition) is 2. The van der Waals surface area contributed by atoms with E-state index in [2.05, 4.69) is 18.8 Å². The van der Waals surface area contributed by atoms with E-state index in [1.165, 1.54) is 0 Å². The van der Waals surface area contributed by atoms with Crippen molar-refractivity contribution < 1.29 is 10.2 Å². The van der Waals surface area contributed by atoms with Crippen molar-refractivity contribution >= 4 is 17.3 Å². The lowest BCUT2D eigenvalue weighted by atomic mass is 10.1. The van der Waals surface area contributed by atoms with Gasteiger partial charge in [-0.3, -0.25) is 0 Å². The third-order valence-corrected chi connectivity index (χ3v) is 1.35. The van der Waals surface area contributed by atoms with Crippen LogP contribution in [0.1, 0.15) is 6.42 Å². The Morgan fingerprint density at radius 1 is 1.78 bits per heavy atom. The van der Waals surface area contributed by atoms with Crippen molar-refractivity contribution in [2.24, 2.45) is 5.92 Å². The van der Waals surface area contributed by atoms with Gasteiger partial charge in [0, 0.05) is 0 Å². The Hall–Kier alpha value is -0.410. The van der Waals surface area contributed by atoms with E-state index in [4.69, 9.17) is 10.2 Å². The van der Waals surface area contributed by atoms with E-state index in [0.717, 1.165) is 0 Å². The summed E-state index contributed by atoms with van der Waals surface area (Å²) in [4.78, 5) is 0. The normalized spacial score (nSPS) is 12.6. The second-order valence-electron chi connectivity index (χ2n) is 1.74. The third kappa shape index (κ3) is 3.21. The van der Waals surface area contributed by atoms with Crippen LogP contribution < -0.4 is 0 Å². The first-order chi connectivity index (χ1) is 4.22. The number of allylic oxidation sites excluding steroid dienone is 1. The monoisotopic (exact) mass is 146 g/mol. The molecule has 0 heterocycles. The largest absolute Gasteiger partial charge is 0.502 e. The Morgan fingerprint density at radius 2 is 2.33 bits per heavy atom. The van der Waals surface area contributed by atoms with Crippen molar-refractivity contribution in [1.29, 1.82) is 0 Å². The highest BCUT2D eigenvalue weighted by atomic mass is 32.1. The highest BCUT2D eigenvalue weighted by Crippen LogP contribution is 2.03. The van der Waals surface area contributed by atoms with E-state index in [1.807, 2.05) is 0 Å². The Bertz CT molecular complexity index is 112. The van der Waals surface area contributed by atoms with Crippen molar-refractivity contribution in [3.63, 3.8) is 0 Å². The fourth-order valence-corrected chi connectivity index (χ4v) is 0.625. The topological polar surface area (TPSA) is 40.5 Å². The molecule has 2 nitrogen and oxygen atoms in total. The summed E-state index contributed by atoms with van der Waals surface area (Å²) in [5.74, 6) is -0.308. The average Bonchev–Trinajstić information content (AvgIpc) is 1.82. The molecule has 0 aliphatic rings. The Morgan fingerprint density at radius 3 is 2.44 bits per heavy atom. The highest BCUT2D eigenvalue weighted by molar-refractivity contribution is 7.80. The smallest absolute Gasteiger partial charge is 0.162 e. The van der Waals surface area contributed by atoms with Gasteiger partial charge in [0.2, 0.25) is 0 Å². The van der Waals surface area contributed by atoms with Gasteiger partial charge in [0.25, 0.3) is 0 Å². The van der Waals surface area contributed by atoms with Gasteiger partial charge < -0.3 is 10.2 Å². The van der Waals surface area contributed by atoms with Crippen LogP contribution in [0.15, 0.2) is 12.7 Å². The number of aliphatic hydroxyl groups excluding tert-OH is 2. The Kier molecular flexibility index (Phi) is 4.26. The molecule has 52 valence electrons. The minimum absolute atomic E-state index is 0.110. The Balaban J connectivity index is 3.67. The number of aliphatic hydroxyl groups is 2. The SMILES string of the molecule is C=CCC(CO)C(O)=S. The van der Waals surface area contributed by atoms with Crippen LogP contribution in [0.4, 0.5) is 0 Å². The molecular formula is C6H10O2S. The maximum Gasteiger partial charge on any atom is 0.162 e. The van der Waals surface area contributed by atoms with Gasteiger partial charge in [-0.05, 0) is 18.6 Å². The summed E-state index contributed by atoms with van der Waals surface area (Å²) in [5.41, 5.74) is 0. The maximum atomic E-state index is 8.67. The molecule has 0 spiro atoms. The fraction of sp³-hybridized carbons (Fsp3) is 0.500. The zero-order valence-electron chi connectivity index (χ0n) is 5.08. The summed E-state index contributed by atoms with van der Waals surface area (Å²) >= 11 is 4.43. The molecule has 0 aromatic carbocycles. The molecule has 1 atom stereocenters. The second kappa shape index (κ2) is 4.47. The quantitative estimate of drug-likeness (QED) is 0.460. The minimum Gasteiger partial charge on any atom is -0.502 e. The van der Waals surface area contributed by atoms with Crippen molar-refractivity contribution in [3.8, 4) is 0 Å². The summed E-state index contributed by atoms with van der Waals surface area (Å²) in [6.07, 6.45) is 2.15. The van der Waals surface area contributed by atoms with Crippen LogP contribution in [0.25, 0.3) is 0 Å². The molecule has 0 radical (unpaired) electrons. The van der Waals surface area contributed by atoms with Gasteiger partial charge in [0.05, 0.1) is 12.5 Å². The second-order valence-corrected chi connectivity index (χ2v) is 2.16. The van der Waals surface area contributed by atoms with Crippen molar-refractivity contribution in [2.75, 3.05) is 6.61 Å². The molecule has 0 amide bonds. The average molecular weight is 146 g/mol. The fourth-order valence-electron chi connectivity index (χ4n) is 0.455. The van der Waals surface area contributed by atoms with Gasteiger partial charge in [-0.25, -0.2) is 0 Å². The van der Waals surface area contributed by atoms with Crippen LogP contribution in [0.3, 0.4) is 0 Å². The van der Waals surface area contributed by atoms with Crippen molar-refractivity contribution in [1.82, 2.24) is 0 Å². The van der Waals surface area contributed by atoms with Crippen molar-refractivity contribution in [3.05, 3.63) is 12.7 Å². The molecule has 0 saturated heterocycles. The number of thiocarbonyl (C=S) groups is 1. The molecule has 0 aromatic rings. The molecule has 0 aliphatic heterocycles. The predicted molar refractivity (Wildman–Crippen MR) is 40.6 cm³/mol. The van der Waals surface area contributed by atoms with Crippen LogP contribution >= 0.6 is 12.2 Å². The van der Waals surface area contributed by atoms with Crippen LogP contribution in [0.5, 0.6) is 0 Å². The molecule has 0 bridgehead atoms. The lowest BCUT2D eigenvalue weighted by Crippen LogP contribution is -2.14. The van der Waals surface area contributed by atoms with Crippen molar-refractivity contribution in [2.45, 2.75) is 6.42 Å². The summed E-state index contributed by atoms with van der Waals surface area (Å²) in [7, 11) is 0. The van der Waals surface area contributed by atoms with Gasteiger partial charge in [-0.15, -0.1) is 6.58 Å². The van der Waals surface area contributed by atoms with Crippen LogP contribution in [0.2, 0.25) is 0 Å². The molecule has 1 unspecified atom stereocenters. The molecular weight excluding hydrogens is 136 g/mol. The van der Waals surface area contributed by atoms with E-state index >= 15 is 0 Å². The summed E-state index contributed by atoms with van der Waals surface area (Å²) < 4.78 is 0. The van der Waals surface area contributed by atoms with Crippen LogP contribution in [-0.4, -0.2) is 21.9 Å². The first-order valence-electron chi connectivity index (χ1n) is 2.67. The summed E-state index contributed by atoms with van der Waals surface area (Å²) in [6.45, 7) is 3.34. The predicted octanol–water partition coefficient (Wildman–Crippen LogP) is 1.06. The molecule has 0 rings (SSSR count). The van der Waals surface area contributed by atoms with E-state index in [1.54, 1.807) is 6.08 Å².